The van der Waals surface area contributed by atoms with E-state index in [2.05, 4.69) is 55.8 Å². The molecule has 0 amide bonds. The Kier molecular flexibility index (Phi) is 8.17. The Morgan fingerprint density at radius 1 is 0.769 bits per heavy atom. The first-order chi connectivity index (χ1) is 12.7. The zero-order chi connectivity index (χ0) is 18.8. The summed E-state index contributed by atoms with van der Waals surface area (Å²) in [4.78, 5) is 0. The second-order valence-electron chi connectivity index (χ2n) is 5.62. The van der Waals surface area contributed by atoms with Crippen molar-refractivity contribution < 1.29 is 0 Å². The van der Waals surface area contributed by atoms with Crippen molar-refractivity contribution in [2.75, 3.05) is 10.7 Å². The number of rotatable bonds is 5. The molecule has 26 heavy (non-hydrogen) atoms. The fourth-order valence-electron chi connectivity index (χ4n) is 2.48. The zero-order valence-electron chi connectivity index (χ0n) is 14.1. The summed E-state index contributed by atoms with van der Waals surface area (Å²) in [6.45, 7) is 0. The van der Waals surface area contributed by atoms with Crippen LogP contribution >= 0.6 is 31.9 Å². The summed E-state index contributed by atoms with van der Waals surface area (Å²) in [7, 11) is 0. The molecule has 2 aromatic rings. The lowest BCUT2D eigenvalue weighted by molar-refractivity contribution is 1.08. The van der Waals surface area contributed by atoms with Crippen molar-refractivity contribution in [2.45, 2.75) is 12.8 Å². The van der Waals surface area contributed by atoms with Crippen molar-refractivity contribution in [3.63, 3.8) is 0 Å². The molecule has 0 N–H and O–H groups in total. The highest BCUT2D eigenvalue weighted by atomic mass is 79.9. The molecular formula is C22H16Br2N2. The third-order valence-electron chi connectivity index (χ3n) is 3.86. The smallest absolute Gasteiger partial charge is 0.0991 e. The molecule has 4 heteroatoms. The van der Waals surface area contributed by atoms with Gasteiger partial charge in [0.05, 0.1) is 28.6 Å². The molecule has 128 valence electrons. The molecule has 0 spiro atoms. The molecule has 0 aliphatic heterocycles. The highest BCUT2D eigenvalue weighted by Crippen LogP contribution is 2.19. The molecule has 0 fully saturated rings. The second-order valence-corrected chi connectivity index (χ2v) is 6.74. The van der Waals surface area contributed by atoms with E-state index >= 15 is 0 Å². The van der Waals surface area contributed by atoms with Gasteiger partial charge in [-0.05, 0) is 47.4 Å². The van der Waals surface area contributed by atoms with E-state index in [0.717, 1.165) is 34.9 Å². The minimum absolute atomic E-state index is 0.621. The van der Waals surface area contributed by atoms with E-state index in [1.54, 1.807) is 0 Å². The summed E-state index contributed by atoms with van der Waals surface area (Å²) in [6.07, 6.45) is 1.50. The largest absolute Gasteiger partial charge is 0.192 e. The Hall–Kier alpha value is -2.32. The topological polar surface area (TPSA) is 47.6 Å². The summed E-state index contributed by atoms with van der Waals surface area (Å²) >= 11 is 6.96. The Labute approximate surface area is 171 Å². The first-order valence-corrected chi connectivity index (χ1v) is 10.2. The number of alkyl halides is 2. The predicted octanol–water partition coefficient (Wildman–Crippen LogP) is 5.30. The van der Waals surface area contributed by atoms with E-state index in [1.165, 1.54) is 5.57 Å². The van der Waals surface area contributed by atoms with Gasteiger partial charge in [-0.3, -0.25) is 0 Å². The van der Waals surface area contributed by atoms with Gasteiger partial charge < -0.3 is 0 Å². The number of allylic oxidation sites excluding steroid dienone is 2. The minimum atomic E-state index is 0.621. The van der Waals surface area contributed by atoms with Gasteiger partial charge in [-0.15, -0.1) is 0 Å². The molecule has 0 heterocycles. The molecule has 0 saturated carbocycles. The fraction of sp³-hybridized carbons (Fsp3) is 0.182. The van der Waals surface area contributed by atoms with E-state index in [0.29, 0.717) is 16.5 Å². The van der Waals surface area contributed by atoms with Crippen LogP contribution in [0.3, 0.4) is 0 Å². The maximum atomic E-state index is 8.94. The highest BCUT2D eigenvalue weighted by Gasteiger charge is 2.08. The van der Waals surface area contributed by atoms with E-state index in [1.807, 2.05) is 48.5 Å². The summed E-state index contributed by atoms with van der Waals surface area (Å²) in [5.74, 6) is 6.38. The van der Waals surface area contributed by atoms with Gasteiger partial charge in [0.2, 0.25) is 0 Å². The van der Waals surface area contributed by atoms with E-state index in [-0.39, 0.29) is 0 Å². The molecule has 0 radical (unpaired) electrons. The molecule has 0 aliphatic rings. The number of hydrogen-bond donors (Lipinski definition) is 0. The molecule has 0 atom stereocenters. The van der Waals surface area contributed by atoms with Crippen LogP contribution in [-0.4, -0.2) is 10.7 Å². The van der Waals surface area contributed by atoms with Crippen LogP contribution in [0.15, 0.2) is 59.7 Å². The standard InChI is InChI=1S/C22H16Br2N2/c23-11-1-2-21(12-17-3-7-19(15-25)8-4-17)22(14-24)13-18-5-9-20(16-26)10-6-18/h3-10H,11-14H2/b22-21-. The van der Waals surface area contributed by atoms with Crippen molar-refractivity contribution in [3.05, 3.63) is 81.9 Å². The lowest BCUT2D eigenvalue weighted by Gasteiger charge is -2.10. The average molecular weight is 468 g/mol. The molecule has 0 aliphatic carbocycles. The van der Waals surface area contributed by atoms with Gasteiger partial charge in [-0.1, -0.05) is 68.0 Å². The number of nitriles is 2. The van der Waals surface area contributed by atoms with Gasteiger partial charge in [0.25, 0.3) is 0 Å². The van der Waals surface area contributed by atoms with Crippen molar-refractivity contribution in [3.8, 4) is 24.0 Å². The van der Waals surface area contributed by atoms with Gasteiger partial charge in [0, 0.05) is 17.3 Å². The van der Waals surface area contributed by atoms with Crippen LogP contribution in [0, 0.1) is 34.5 Å². The van der Waals surface area contributed by atoms with Crippen LogP contribution in [0.25, 0.3) is 0 Å². The van der Waals surface area contributed by atoms with Crippen LogP contribution in [0.2, 0.25) is 0 Å². The highest BCUT2D eigenvalue weighted by molar-refractivity contribution is 9.09. The van der Waals surface area contributed by atoms with Gasteiger partial charge in [-0.25, -0.2) is 0 Å². The molecule has 2 aromatic carbocycles. The average Bonchev–Trinajstić information content (AvgIpc) is 2.70. The van der Waals surface area contributed by atoms with E-state index in [9.17, 15) is 0 Å². The zero-order valence-corrected chi connectivity index (χ0v) is 17.3. The van der Waals surface area contributed by atoms with Crippen LogP contribution in [0.1, 0.15) is 22.3 Å². The molecule has 2 nitrogen and oxygen atoms in total. The van der Waals surface area contributed by atoms with Crippen LogP contribution in [0.5, 0.6) is 0 Å². The number of benzene rings is 2. The molecule has 2 rings (SSSR count). The summed E-state index contributed by atoms with van der Waals surface area (Å²) < 4.78 is 0. The number of halogens is 2. The van der Waals surface area contributed by atoms with E-state index in [4.69, 9.17) is 10.5 Å². The Balaban J connectivity index is 2.32. The van der Waals surface area contributed by atoms with Gasteiger partial charge in [0.1, 0.15) is 0 Å². The van der Waals surface area contributed by atoms with Crippen molar-refractivity contribution in [1.82, 2.24) is 0 Å². The Bertz CT molecular complexity index is 916. The molecule has 0 unspecified atom stereocenters. The fourth-order valence-corrected chi connectivity index (χ4v) is 3.15. The molecule has 0 aromatic heterocycles. The summed E-state index contributed by atoms with van der Waals surface area (Å²) in [5, 5.41) is 19.2. The Morgan fingerprint density at radius 3 is 1.69 bits per heavy atom. The lowest BCUT2D eigenvalue weighted by atomic mass is 9.96. The predicted molar refractivity (Wildman–Crippen MR) is 112 cm³/mol. The minimum Gasteiger partial charge on any atom is -0.192 e. The SMILES string of the molecule is N#Cc1ccc(C/C(C#CCBr)=C(\CBr)Cc2ccc(C#N)cc2)cc1. The van der Waals surface area contributed by atoms with Crippen molar-refractivity contribution in [2.24, 2.45) is 0 Å². The number of nitrogens with zero attached hydrogens (tertiary/aromatic N) is 2. The second kappa shape index (κ2) is 10.6. The third-order valence-corrected chi connectivity index (χ3v) is 4.82. The first-order valence-electron chi connectivity index (χ1n) is 8.00. The quantitative estimate of drug-likeness (QED) is 0.442. The first kappa shape index (κ1) is 20.0. The monoisotopic (exact) mass is 466 g/mol. The maximum absolute atomic E-state index is 8.94. The van der Waals surface area contributed by atoms with Crippen LogP contribution in [-0.2, 0) is 12.8 Å². The van der Waals surface area contributed by atoms with E-state index < -0.39 is 0 Å². The summed E-state index contributed by atoms with van der Waals surface area (Å²) in [6, 6.07) is 19.5. The van der Waals surface area contributed by atoms with Gasteiger partial charge in [0.15, 0.2) is 0 Å². The van der Waals surface area contributed by atoms with Crippen molar-refractivity contribution >= 4 is 31.9 Å². The Morgan fingerprint density at radius 2 is 1.27 bits per heavy atom. The maximum Gasteiger partial charge on any atom is 0.0991 e. The molecule has 0 saturated heterocycles. The lowest BCUT2D eigenvalue weighted by Crippen LogP contribution is -2.01. The normalized spacial score (nSPS) is 10.8. The molecular weight excluding hydrogens is 452 g/mol. The van der Waals surface area contributed by atoms with Crippen LogP contribution < -0.4 is 0 Å². The molecule has 0 bridgehead atoms. The number of hydrogen-bond acceptors (Lipinski definition) is 2. The van der Waals surface area contributed by atoms with Crippen molar-refractivity contribution in [1.29, 1.82) is 10.5 Å². The van der Waals surface area contributed by atoms with Gasteiger partial charge >= 0.3 is 0 Å². The van der Waals surface area contributed by atoms with Gasteiger partial charge in [-0.2, -0.15) is 10.5 Å². The van der Waals surface area contributed by atoms with Crippen LogP contribution in [0.4, 0.5) is 0 Å². The summed E-state index contributed by atoms with van der Waals surface area (Å²) in [5.41, 5.74) is 5.89. The third kappa shape index (κ3) is 5.89.